The maximum absolute atomic E-state index is 11.6. The molecule has 0 saturated carbocycles. The number of hydrogen-bond acceptors (Lipinski definition) is 3. The lowest BCUT2D eigenvalue weighted by molar-refractivity contribution is -0.136. The molecule has 0 bridgehead atoms. The van der Waals surface area contributed by atoms with Crippen molar-refractivity contribution in [1.82, 2.24) is 10.6 Å². The van der Waals surface area contributed by atoms with Gasteiger partial charge in [-0.15, -0.1) is 0 Å². The van der Waals surface area contributed by atoms with Crippen LogP contribution in [-0.2, 0) is 9.53 Å². The summed E-state index contributed by atoms with van der Waals surface area (Å²) in [6.07, 6.45) is 1.07. The van der Waals surface area contributed by atoms with Crippen LogP contribution in [0.15, 0.2) is 0 Å². The first-order valence-corrected chi connectivity index (χ1v) is 4.71. The van der Waals surface area contributed by atoms with Gasteiger partial charge >= 0.3 is 6.03 Å². The van der Waals surface area contributed by atoms with E-state index in [0.717, 1.165) is 0 Å². The number of urea groups is 1. The fourth-order valence-corrected chi connectivity index (χ4v) is 2.20. The molecule has 0 aliphatic carbocycles. The van der Waals surface area contributed by atoms with Gasteiger partial charge in [0, 0.05) is 12.8 Å². The zero-order valence-corrected chi connectivity index (χ0v) is 8.35. The fraction of sp³-hybridized carbons (Fsp3) is 0.778. The van der Waals surface area contributed by atoms with E-state index in [1.54, 1.807) is 0 Å². The highest BCUT2D eigenvalue weighted by atomic mass is 16.5. The molecule has 0 radical (unpaired) electrons. The Kier molecular flexibility index (Phi) is 1.82. The van der Waals surface area contributed by atoms with Crippen LogP contribution < -0.4 is 10.6 Å². The number of amides is 3. The van der Waals surface area contributed by atoms with Crippen LogP contribution in [0.2, 0.25) is 0 Å². The van der Waals surface area contributed by atoms with Gasteiger partial charge < -0.3 is 10.1 Å². The average molecular weight is 198 g/mol. The molecule has 2 N–H and O–H groups in total. The molecular formula is C9H14N2O3. The largest absolute Gasteiger partial charge is 0.375 e. The third-order valence-corrected chi connectivity index (χ3v) is 2.76. The number of carbonyl (C=O) groups excluding carboxylic acids is 2. The minimum atomic E-state index is -0.737. The molecule has 14 heavy (non-hydrogen) atoms. The summed E-state index contributed by atoms with van der Waals surface area (Å²) in [5, 5.41) is 4.97. The van der Waals surface area contributed by atoms with Gasteiger partial charge in [-0.3, -0.25) is 10.1 Å². The Balaban J connectivity index is 2.24. The molecule has 0 aromatic heterocycles. The number of hydrogen-bond donors (Lipinski definition) is 2. The zero-order chi connectivity index (χ0) is 10.4. The first-order chi connectivity index (χ1) is 6.44. The SMILES string of the molecule is CC1(C)C[C@@]2(CCO1)NC(=O)NC2=O. The molecule has 0 aromatic rings. The van der Waals surface area contributed by atoms with E-state index >= 15 is 0 Å². The van der Waals surface area contributed by atoms with Crippen molar-refractivity contribution < 1.29 is 14.3 Å². The molecule has 0 aromatic carbocycles. The molecule has 2 aliphatic rings. The Labute approximate surface area is 82.2 Å². The van der Waals surface area contributed by atoms with E-state index in [0.29, 0.717) is 19.4 Å². The lowest BCUT2D eigenvalue weighted by atomic mass is 9.81. The van der Waals surface area contributed by atoms with Crippen molar-refractivity contribution in [2.75, 3.05) is 6.61 Å². The Morgan fingerprint density at radius 2 is 2.07 bits per heavy atom. The number of nitrogens with one attached hydrogen (secondary N) is 2. The maximum atomic E-state index is 11.6. The molecule has 3 amide bonds. The highest BCUT2D eigenvalue weighted by molar-refractivity contribution is 6.07. The first-order valence-electron chi connectivity index (χ1n) is 4.71. The van der Waals surface area contributed by atoms with E-state index in [2.05, 4.69) is 10.6 Å². The minimum Gasteiger partial charge on any atom is -0.375 e. The smallest absolute Gasteiger partial charge is 0.322 e. The van der Waals surface area contributed by atoms with E-state index in [4.69, 9.17) is 4.74 Å². The van der Waals surface area contributed by atoms with Crippen LogP contribution >= 0.6 is 0 Å². The lowest BCUT2D eigenvalue weighted by Gasteiger charge is -2.40. The van der Waals surface area contributed by atoms with Crippen molar-refractivity contribution in [3.05, 3.63) is 0 Å². The summed E-state index contributed by atoms with van der Waals surface area (Å²) < 4.78 is 5.50. The van der Waals surface area contributed by atoms with E-state index in [1.165, 1.54) is 0 Å². The minimum absolute atomic E-state index is 0.223. The summed E-state index contributed by atoms with van der Waals surface area (Å²) in [5.74, 6) is -0.223. The summed E-state index contributed by atoms with van der Waals surface area (Å²) in [5.41, 5.74) is -1.09. The molecule has 2 fully saturated rings. The van der Waals surface area contributed by atoms with Crippen molar-refractivity contribution >= 4 is 11.9 Å². The van der Waals surface area contributed by atoms with Gasteiger partial charge in [0.25, 0.3) is 5.91 Å². The summed E-state index contributed by atoms with van der Waals surface area (Å²) in [6.45, 7) is 4.35. The number of imide groups is 1. The van der Waals surface area contributed by atoms with Gasteiger partial charge in [-0.05, 0) is 13.8 Å². The zero-order valence-electron chi connectivity index (χ0n) is 8.35. The van der Waals surface area contributed by atoms with Gasteiger partial charge in [0.15, 0.2) is 0 Å². The van der Waals surface area contributed by atoms with Gasteiger partial charge in [-0.1, -0.05) is 0 Å². The van der Waals surface area contributed by atoms with Crippen molar-refractivity contribution in [2.24, 2.45) is 0 Å². The second-order valence-corrected chi connectivity index (χ2v) is 4.53. The second kappa shape index (κ2) is 2.70. The third kappa shape index (κ3) is 1.37. The average Bonchev–Trinajstić information content (AvgIpc) is 2.24. The number of carbonyl (C=O) groups is 2. The van der Waals surface area contributed by atoms with Crippen molar-refractivity contribution in [1.29, 1.82) is 0 Å². The van der Waals surface area contributed by atoms with Crippen LogP contribution in [0.25, 0.3) is 0 Å². The molecule has 2 aliphatic heterocycles. The lowest BCUT2D eigenvalue weighted by Crippen LogP contribution is -2.56. The molecule has 1 atom stereocenters. The van der Waals surface area contributed by atoms with E-state index in [-0.39, 0.29) is 11.5 Å². The number of rotatable bonds is 0. The van der Waals surface area contributed by atoms with Crippen molar-refractivity contribution in [3.8, 4) is 0 Å². The van der Waals surface area contributed by atoms with E-state index in [1.807, 2.05) is 13.8 Å². The van der Waals surface area contributed by atoms with Crippen LogP contribution in [-0.4, -0.2) is 29.7 Å². The Morgan fingerprint density at radius 1 is 1.36 bits per heavy atom. The highest BCUT2D eigenvalue weighted by Gasteiger charge is 2.51. The molecule has 78 valence electrons. The summed E-state index contributed by atoms with van der Waals surface area (Å²) in [4.78, 5) is 22.7. The second-order valence-electron chi connectivity index (χ2n) is 4.53. The van der Waals surface area contributed by atoms with Crippen LogP contribution in [0.3, 0.4) is 0 Å². The highest BCUT2D eigenvalue weighted by Crippen LogP contribution is 2.33. The molecule has 2 saturated heterocycles. The van der Waals surface area contributed by atoms with Crippen molar-refractivity contribution in [3.63, 3.8) is 0 Å². The topological polar surface area (TPSA) is 67.4 Å². The van der Waals surface area contributed by atoms with Gasteiger partial charge in [-0.25, -0.2) is 4.79 Å². The normalized spacial score (nSPS) is 35.6. The quantitative estimate of drug-likeness (QED) is 0.544. The Morgan fingerprint density at radius 3 is 2.57 bits per heavy atom. The molecular weight excluding hydrogens is 184 g/mol. The van der Waals surface area contributed by atoms with E-state index in [9.17, 15) is 9.59 Å². The van der Waals surface area contributed by atoms with Crippen LogP contribution in [0, 0.1) is 0 Å². The molecule has 2 heterocycles. The summed E-state index contributed by atoms with van der Waals surface area (Å²) >= 11 is 0. The Hall–Kier alpha value is -1.10. The summed E-state index contributed by atoms with van der Waals surface area (Å²) in [7, 11) is 0. The maximum Gasteiger partial charge on any atom is 0.322 e. The van der Waals surface area contributed by atoms with Crippen LogP contribution in [0.4, 0.5) is 4.79 Å². The van der Waals surface area contributed by atoms with Crippen LogP contribution in [0.5, 0.6) is 0 Å². The predicted octanol–water partition coefficient (Wildman–Crippen LogP) is 0.154. The fourth-order valence-electron chi connectivity index (χ4n) is 2.20. The molecule has 5 nitrogen and oxygen atoms in total. The van der Waals surface area contributed by atoms with Gasteiger partial charge in [0.2, 0.25) is 0 Å². The molecule has 2 rings (SSSR count). The number of ether oxygens (including phenoxy) is 1. The van der Waals surface area contributed by atoms with Crippen molar-refractivity contribution in [2.45, 2.75) is 37.8 Å². The van der Waals surface area contributed by atoms with Gasteiger partial charge in [0.1, 0.15) is 5.54 Å². The summed E-state index contributed by atoms with van der Waals surface area (Å²) in [6, 6.07) is -0.396. The molecule has 1 spiro atoms. The monoisotopic (exact) mass is 198 g/mol. The molecule has 0 unspecified atom stereocenters. The standard InChI is InChI=1S/C9H14N2O3/c1-8(2)5-9(3-4-14-8)6(12)10-7(13)11-9/h3-5H2,1-2H3,(H2,10,11,12,13)/t9-/m1/s1. The van der Waals surface area contributed by atoms with Gasteiger partial charge in [0.05, 0.1) is 12.2 Å². The van der Waals surface area contributed by atoms with Gasteiger partial charge in [-0.2, -0.15) is 0 Å². The van der Waals surface area contributed by atoms with E-state index < -0.39 is 11.6 Å². The first kappa shape index (κ1) is 9.45. The Bertz CT molecular complexity index is 300. The third-order valence-electron chi connectivity index (χ3n) is 2.76. The van der Waals surface area contributed by atoms with Crippen LogP contribution in [0.1, 0.15) is 26.7 Å². The predicted molar refractivity (Wildman–Crippen MR) is 48.7 cm³/mol. The molecule has 5 heteroatoms.